The van der Waals surface area contributed by atoms with Crippen molar-refractivity contribution in [1.82, 2.24) is 4.73 Å². The molecule has 2 heterocycles. The van der Waals surface area contributed by atoms with E-state index in [1.807, 2.05) is 18.2 Å². The van der Waals surface area contributed by atoms with Gasteiger partial charge < -0.3 is 10.2 Å². The molecule has 2 aliphatic carbocycles. The van der Waals surface area contributed by atoms with Crippen LogP contribution in [0.4, 0.5) is 0 Å². The topological polar surface area (TPSA) is 92.6 Å². The van der Waals surface area contributed by atoms with Crippen LogP contribution in [0.3, 0.4) is 0 Å². The summed E-state index contributed by atoms with van der Waals surface area (Å²) in [5, 5.41) is 20.6. The molecule has 7 nitrogen and oxygen atoms in total. The lowest BCUT2D eigenvalue weighted by Crippen LogP contribution is -2.38. The van der Waals surface area contributed by atoms with Gasteiger partial charge in [0.15, 0.2) is 18.9 Å². The number of pyridine rings is 1. The van der Waals surface area contributed by atoms with Gasteiger partial charge in [-0.15, -0.1) is 0 Å². The van der Waals surface area contributed by atoms with E-state index < -0.39 is 10.1 Å². The minimum Gasteiger partial charge on any atom is -0.492 e. The minimum absolute atomic E-state index is 0.00308. The average molecular weight is 349 g/mol. The van der Waals surface area contributed by atoms with Crippen LogP contribution in [-0.2, 0) is 16.7 Å². The lowest BCUT2D eigenvalue weighted by Gasteiger charge is -2.10. The molecule has 2 unspecified atom stereocenters. The maximum Gasteiger partial charge on any atom is 0.333 e. The zero-order valence-corrected chi connectivity index (χ0v) is 13.6. The number of nitrogens with zero attached hydrogens (tertiary/aromatic N) is 2. The summed E-state index contributed by atoms with van der Waals surface area (Å²) >= 11 is 0. The Bertz CT molecular complexity index is 882. The van der Waals surface area contributed by atoms with Crippen LogP contribution in [0.5, 0.6) is 11.8 Å². The van der Waals surface area contributed by atoms with Crippen LogP contribution < -0.4 is 8.85 Å². The summed E-state index contributed by atoms with van der Waals surface area (Å²) in [6, 6.07) is 5.43. The van der Waals surface area contributed by atoms with Gasteiger partial charge in [0.05, 0.1) is 0 Å². The summed E-state index contributed by atoms with van der Waals surface area (Å²) in [4.78, 5) is 0. The van der Waals surface area contributed by atoms with E-state index >= 15 is 0 Å². The molecule has 2 aromatic heterocycles. The molecule has 0 amide bonds. The third kappa shape index (κ3) is 2.34. The lowest BCUT2D eigenvalue weighted by atomic mass is 10.0. The van der Waals surface area contributed by atoms with Crippen molar-refractivity contribution in [2.45, 2.75) is 24.8 Å². The smallest absolute Gasteiger partial charge is 0.333 e. The summed E-state index contributed by atoms with van der Waals surface area (Å²) < 4.78 is 31.7. The first-order valence-electron chi connectivity index (χ1n) is 7.68. The number of allylic oxidation sites excluding steroid dienone is 2. The van der Waals surface area contributed by atoms with Crippen LogP contribution in [0.25, 0.3) is 0 Å². The molecule has 0 spiro atoms. The second kappa shape index (κ2) is 5.27. The van der Waals surface area contributed by atoms with Crippen molar-refractivity contribution in [3.05, 3.63) is 53.9 Å². The van der Waals surface area contributed by atoms with Gasteiger partial charge in [0, 0.05) is 35.1 Å². The predicted octanol–water partition coefficient (Wildman–Crippen LogP) is 0.786. The van der Waals surface area contributed by atoms with E-state index in [2.05, 4.69) is 0 Å². The molecule has 2 aliphatic rings. The third-order valence-corrected chi connectivity index (χ3v) is 5.61. The van der Waals surface area contributed by atoms with Crippen molar-refractivity contribution in [3.8, 4) is 11.8 Å². The van der Waals surface area contributed by atoms with E-state index in [-0.39, 0.29) is 35.9 Å². The number of rotatable bonds is 5. The van der Waals surface area contributed by atoms with Crippen LogP contribution in [0.2, 0.25) is 0 Å². The highest BCUT2D eigenvalue weighted by atomic mass is 32.2. The number of hydrogen-bond donors (Lipinski definition) is 2. The van der Waals surface area contributed by atoms with Crippen molar-refractivity contribution >= 4 is 10.1 Å². The molecule has 24 heavy (non-hydrogen) atoms. The number of aryl methyl sites for hydroxylation is 1. The lowest BCUT2D eigenvalue weighted by molar-refractivity contribution is -0.692. The SMILES string of the molecule is O=S(=O)(CC[n+]1ccccc1)On1c(O)c2c(c1O)C1C=CC2C1. The second-order valence-corrected chi connectivity index (χ2v) is 7.72. The fraction of sp³-hybridized carbons (Fsp3) is 0.312. The fourth-order valence-corrected chi connectivity index (χ4v) is 4.32. The summed E-state index contributed by atoms with van der Waals surface area (Å²) in [7, 11) is -3.98. The molecular formula is C16H17N2O5S+. The number of fused-ring (bicyclic) bond motifs is 5. The Balaban J connectivity index is 1.56. The molecule has 2 atom stereocenters. The van der Waals surface area contributed by atoms with Gasteiger partial charge in [-0.05, 0) is 6.42 Å². The standard InChI is InChI=1S/C16H16N2O5S/c19-15-13-11-4-5-12(10-11)14(13)16(20)18(15)23-24(21,22)9-8-17-6-2-1-3-7-17/h1-7,11-12H,8-10H2,(H-,19,20)/p+1. The molecule has 2 bridgehead atoms. The summed E-state index contributed by atoms with van der Waals surface area (Å²) in [6.45, 7) is 0.207. The highest BCUT2D eigenvalue weighted by Crippen LogP contribution is 2.56. The van der Waals surface area contributed by atoms with Gasteiger partial charge in [-0.1, -0.05) is 22.9 Å². The Morgan fingerprint density at radius 3 is 2.25 bits per heavy atom. The van der Waals surface area contributed by atoms with Gasteiger partial charge in [0.2, 0.25) is 11.8 Å². The predicted molar refractivity (Wildman–Crippen MR) is 84.0 cm³/mol. The molecule has 4 rings (SSSR count). The minimum atomic E-state index is -3.98. The highest BCUT2D eigenvalue weighted by Gasteiger charge is 2.42. The highest BCUT2D eigenvalue weighted by molar-refractivity contribution is 7.86. The zero-order chi connectivity index (χ0) is 16.9. The quantitative estimate of drug-likeness (QED) is 0.615. The molecule has 0 aliphatic heterocycles. The largest absolute Gasteiger partial charge is 0.492 e. The molecule has 2 aromatic rings. The Hall–Kier alpha value is -2.48. The first kappa shape index (κ1) is 15.1. The van der Waals surface area contributed by atoms with Crippen LogP contribution >= 0.6 is 0 Å². The maximum atomic E-state index is 12.2. The Morgan fingerprint density at radius 1 is 1.08 bits per heavy atom. The van der Waals surface area contributed by atoms with E-state index in [0.29, 0.717) is 15.9 Å². The summed E-state index contributed by atoms with van der Waals surface area (Å²) in [5.41, 5.74) is 1.13. The molecule has 0 aromatic carbocycles. The van der Waals surface area contributed by atoms with E-state index in [9.17, 15) is 18.6 Å². The Morgan fingerprint density at radius 2 is 1.67 bits per heavy atom. The van der Waals surface area contributed by atoms with Crippen molar-refractivity contribution in [2.24, 2.45) is 0 Å². The second-order valence-electron chi connectivity index (χ2n) is 6.05. The van der Waals surface area contributed by atoms with E-state index in [4.69, 9.17) is 4.28 Å². The maximum absolute atomic E-state index is 12.2. The van der Waals surface area contributed by atoms with E-state index in [1.54, 1.807) is 29.1 Å². The van der Waals surface area contributed by atoms with Crippen LogP contribution in [0.15, 0.2) is 42.7 Å². The summed E-state index contributed by atoms with van der Waals surface area (Å²) in [6.07, 6.45) is 8.20. The molecule has 2 N–H and O–H groups in total. The van der Waals surface area contributed by atoms with Gasteiger partial charge in [-0.25, -0.2) is 4.57 Å². The average Bonchev–Trinajstić information content (AvgIpc) is 3.24. The molecule has 0 saturated heterocycles. The van der Waals surface area contributed by atoms with Crippen LogP contribution in [0, 0.1) is 0 Å². The normalized spacial score (nSPS) is 21.2. The van der Waals surface area contributed by atoms with Gasteiger partial charge in [-0.3, -0.25) is 4.28 Å². The molecule has 0 saturated carbocycles. The number of hydrogen-bond acceptors (Lipinski definition) is 5. The molecule has 126 valence electrons. The first-order chi connectivity index (χ1) is 11.5. The third-order valence-electron chi connectivity index (χ3n) is 4.55. The van der Waals surface area contributed by atoms with Crippen molar-refractivity contribution in [2.75, 3.05) is 5.75 Å². The first-order valence-corrected chi connectivity index (χ1v) is 9.25. The number of aromatic nitrogens is 2. The van der Waals surface area contributed by atoms with Gasteiger partial charge in [0.1, 0.15) is 5.75 Å². The van der Waals surface area contributed by atoms with Gasteiger partial charge >= 0.3 is 10.1 Å². The van der Waals surface area contributed by atoms with Crippen molar-refractivity contribution in [3.63, 3.8) is 0 Å². The number of aromatic hydroxyl groups is 2. The Kier molecular flexibility index (Phi) is 3.31. The van der Waals surface area contributed by atoms with E-state index in [1.165, 1.54) is 0 Å². The van der Waals surface area contributed by atoms with Gasteiger partial charge in [-0.2, -0.15) is 8.42 Å². The van der Waals surface area contributed by atoms with Crippen molar-refractivity contribution < 1.29 is 27.5 Å². The molecular weight excluding hydrogens is 332 g/mol. The molecule has 0 radical (unpaired) electrons. The molecule has 0 fully saturated rings. The fourth-order valence-electron chi connectivity index (χ4n) is 3.44. The van der Waals surface area contributed by atoms with Crippen LogP contribution in [-0.4, -0.2) is 29.1 Å². The van der Waals surface area contributed by atoms with Crippen LogP contribution in [0.1, 0.15) is 29.4 Å². The molecule has 8 heteroatoms. The zero-order valence-electron chi connectivity index (χ0n) is 12.7. The van der Waals surface area contributed by atoms with Gasteiger partial charge in [0.25, 0.3) is 0 Å². The Labute approximate surface area is 139 Å². The van der Waals surface area contributed by atoms with E-state index in [0.717, 1.165) is 6.42 Å². The van der Waals surface area contributed by atoms with Crippen molar-refractivity contribution in [1.29, 1.82) is 0 Å². The monoisotopic (exact) mass is 349 g/mol. The summed E-state index contributed by atoms with van der Waals surface area (Å²) in [5.74, 6) is -0.952.